The molecule has 1 saturated carbocycles. The summed E-state index contributed by atoms with van der Waals surface area (Å²) in [6, 6.07) is 15.4. The zero-order valence-electron chi connectivity index (χ0n) is 17.9. The van der Waals surface area contributed by atoms with E-state index in [1.807, 2.05) is 6.07 Å². The van der Waals surface area contributed by atoms with Gasteiger partial charge in [-0.1, -0.05) is 24.3 Å². The highest BCUT2D eigenvalue weighted by atomic mass is 32.1. The van der Waals surface area contributed by atoms with Crippen LogP contribution in [-0.2, 0) is 6.18 Å². The van der Waals surface area contributed by atoms with Crippen LogP contribution in [-0.4, -0.2) is 12.4 Å². The van der Waals surface area contributed by atoms with E-state index in [0.717, 1.165) is 29.7 Å². The Hall–Kier alpha value is -3.19. The second-order valence-corrected chi connectivity index (χ2v) is 9.72. The molecule has 0 saturated heterocycles. The number of rotatable bonds is 6. The number of ketones is 1. The van der Waals surface area contributed by atoms with Gasteiger partial charge < -0.3 is 4.74 Å². The van der Waals surface area contributed by atoms with Crippen LogP contribution in [0.3, 0.4) is 0 Å². The van der Waals surface area contributed by atoms with Crippen LogP contribution in [0.2, 0.25) is 0 Å². The third kappa shape index (κ3) is 4.44. The SMILES string of the molecule is [CH2]C1(COc2ccc3c(C(=O)c4ccc(C(F)(F)F)cc4)c(-c4ccc(F)cc4)sc3c2)CC1. The molecule has 1 fully saturated rings. The number of hydrogen-bond donors (Lipinski definition) is 0. The van der Waals surface area contributed by atoms with Gasteiger partial charge in [-0.05, 0) is 67.8 Å². The number of thiophene rings is 1. The Morgan fingerprint density at radius 2 is 1.68 bits per heavy atom. The summed E-state index contributed by atoms with van der Waals surface area (Å²) >= 11 is 1.36. The second kappa shape index (κ2) is 8.24. The van der Waals surface area contributed by atoms with Gasteiger partial charge in [-0.15, -0.1) is 11.3 Å². The van der Waals surface area contributed by atoms with E-state index in [1.165, 1.54) is 35.6 Å². The van der Waals surface area contributed by atoms with E-state index in [2.05, 4.69) is 6.92 Å². The Morgan fingerprint density at radius 3 is 2.29 bits per heavy atom. The van der Waals surface area contributed by atoms with Crippen LogP contribution in [0.5, 0.6) is 5.75 Å². The lowest BCUT2D eigenvalue weighted by molar-refractivity contribution is -0.137. The van der Waals surface area contributed by atoms with Crippen molar-refractivity contribution in [3.63, 3.8) is 0 Å². The molecule has 0 atom stereocenters. The summed E-state index contributed by atoms with van der Waals surface area (Å²) in [4.78, 5) is 14.1. The van der Waals surface area contributed by atoms with Crippen molar-refractivity contribution in [2.45, 2.75) is 19.0 Å². The van der Waals surface area contributed by atoms with Gasteiger partial charge in [0.05, 0.1) is 12.2 Å². The van der Waals surface area contributed by atoms with Crippen molar-refractivity contribution in [2.75, 3.05) is 6.61 Å². The van der Waals surface area contributed by atoms with Gasteiger partial charge in [0.15, 0.2) is 5.78 Å². The van der Waals surface area contributed by atoms with Crippen molar-refractivity contribution >= 4 is 27.2 Å². The number of benzene rings is 3. The van der Waals surface area contributed by atoms with Crippen LogP contribution < -0.4 is 4.74 Å². The molecule has 3 aromatic carbocycles. The van der Waals surface area contributed by atoms with Crippen molar-refractivity contribution in [3.05, 3.63) is 96.2 Å². The summed E-state index contributed by atoms with van der Waals surface area (Å²) in [6.07, 6.45) is -2.44. The van der Waals surface area contributed by atoms with Gasteiger partial charge in [0.25, 0.3) is 0 Å². The predicted octanol–water partition coefficient (Wildman–Crippen LogP) is 7.95. The van der Waals surface area contributed by atoms with E-state index < -0.39 is 23.3 Å². The number of ether oxygens (including phenoxy) is 1. The Labute approximate surface area is 197 Å². The third-order valence-corrected chi connectivity index (χ3v) is 7.17. The van der Waals surface area contributed by atoms with Crippen LogP contribution in [0.1, 0.15) is 34.3 Å². The van der Waals surface area contributed by atoms with E-state index >= 15 is 0 Å². The number of halogens is 4. The summed E-state index contributed by atoms with van der Waals surface area (Å²) < 4.78 is 59.1. The normalized spacial score (nSPS) is 14.9. The topological polar surface area (TPSA) is 26.3 Å². The maximum atomic E-state index is 13.5. The predicted molar refractivity (Wildman–Crippen MR) is 125 cm³/mol. The van der Waals surface area contributed by atoms with Gasteiger partial charge in [0.1, 0.15) is 11.6 Å². The van der Waals surface area contributed by atoms with Crippen LogP contribution in [0.4, 0.5) is 17.6 Å². The minimum Gasteiger partial charge on any atom is -0.493 e. The molecule has 1 radical (unpaired) electrons. The quantitative estimate of drug-likeness (QED) is 0.205. The molecular weight excluding hydrogens is 464 g/mol. The number of carbonyl (C=O) groups is 1. The summed E-state index contributed by atoms with van der Waals surface area (Å²) in [6.45, 7) is 4.64. The molecular formula is C27H19F4O2S. The summed E-state index contributed by atoms with van der Waals surface area (Å²) in [7, 11) is 0. The largest absolute Gasteiger partial charge is 0.493 e. The molecule has 4 aromatic rings. The van der Waals surface area contributed by atoms with Crippen LogP contribution >= 0.6 is 11.3 Å². The number of carbonyl (C=O) groups excluding carboxylic acids is 1. The third-order valence-electron chi connectivity index (χ3n) is 5.97. The highest BCUT2D eigenvalue weighted by Crippen LogP contribution is 2.45. The van der Waals surface area contributed by atoms with Gasteiger partial charge in [-0.2, -0.15) is 13.2 Å². The van der Waals surface area contributed by atoms with Gasteiger partial charge in [-0.3, -0.25) is 4.79 Å². The highest BCUT2D eigenvalue weighted by molar-refractivity contribution is 7.22. The monoisotopic (exact) mass is 483 g/mol. The van der Waals surface area contributed by atoms with E-state index in [1.54, 1.807) is 24.3 Å². The Balaban J connectivity index is 1.58. The summed E-state index contributed by atoms with van der Waals surface area (Å²) in [5, 5.41) is 0.664. The van der Waals surface area contributed by atoms with Crippen molar-refractivity contribution in [3.8, 4) is 16.2 Å². The average Bonchev–Trinajstić information content (AvgIpc) is 3.43. The molecule has 1 aliphatic rings. The van der Waals surface area contributed by atoms with E-state index in [0.29, 0.717) is 33.7 Å². The molecule has 0 unspecified atom stereocenters. The molecule has 7 heteroatoms. The van der Waals surface area contributed by atoms with Crippen molar-refractivity contribution in [1.82, 2.24) is 0 Å². The molecule has 1 aliphatic carbocycles. The zero-order valence-corrected chi connectivity index (χ0v) is 18.7. The number of hydrogen-bond acceptors (Lipinski definition) is 3. The summed E-state index contributed by atoms with van der Waals surface area (Å²) in [5.41, 5.74) is 0.305. The van der Waals surface area contributed by atoms with Crippen molar-refractivity contribution < 1.29 is 27.1 Å². The first-order chi connectivity index (χ1) is 16.1. The minimum absolute atomic E-state index is 0.0343. The first-order valence-corrected chi connectivity index (χ1v) is 11.5. The van der Waals surface area contributed by atoms with Gasteiger partial charge >= 0.3 is 6.18 Å². The molecule has 34 heavy (non-hydrogen) atoms. The number of fused-ring (bicyclic) bond motifs is 1. The molecule has 0 aliphatic heterocycles. The van der Waals surface area contributed by atoms with E-state index in [9.17, 15) is 22.4 Å². The highest BCUT2D eigenvalue weighted by Gasteiger charge is 2.38. The average molecular weight is 484 g/mol. The molecule has 0 bridgehead atoms. The minimum atomic E-state index is -4.49. The molecule has 173 valence electrons. The Bertz CT molecular complexity index is 1370. The van der Waals surface area contributed by atoms with Gasteiger partial charge in [0.2, 0.25) is 0 Å². The maximum absolute atomic E-state index is 13.5. The van der Waals surface area contributed by atoms with Gasteiger partial charge in [-0.25, -0.2) is 4.39 Å². The molecule has 0 N–H and O–H groups in total. The van der Waals surface area contributed by atoms with Crippen molar-refractivity contribution in [2.24, 2.45) is 5.41 Å². The second-order valence-electron chi connectivity index (χ2n) is 8.66. The molecule has 5 rings (SSSR count). The molecule has 1 heterocycles. The van der Waals surface area contributed by atoms with E-state index in [-0.39, 0.29) is 11.0 Å². The van der Waals surface area contributed by atoms with Crippen LogP contribution in [0.15, 0.2) is 66.7 Å². The fourth-order valence-corrected chi connectivity index (χ4v) is 4.94. The fourth-order valence-electron chi connectivity index (χ4n) is 3.71. The van der Waals surface area contributed by atoms with Crippen LogP contribution in [0, 0.1) is 18.2 Å². The standard InChI is InChI=1S/C27H19F4O2S/c1-26(12-13-26)15-33-20-10-11-21-22(14-20)34-25(17-4-8-19(28)9-5-17)23(21)24(32)16-2-6-18(7-3-16)27(29,30)31/h2-11,14H,1,12-13,15H2. The molecule has 0 spiro atoms. The smallest absolute Gasteiger partial charge is 0.416 e. The van der Waals surface area contributed by atoms with Crippen LogP contribution in [0.25, 0.3) is 20.5 Å². The lowest BCUT2D eigenvalue weighted by Gasteiger charge is -2.11. The first-order valence-electron chi connectivity index (χ1n) is 10.7. The first kappa shape index (κ1) is 22.6. The van der Waals surface area contributed by atoms with E-state index in [4.69, 9.17) is 4.74 Å². The zero-order chi connectivity index (χ0) is 24.1. The summed E-state index contributed by atoms with van der Waals surface area (Å²) in [5.74, 6) is -0.149. The fraction of sp³-hybridized carbons (Fsp3) is 0.185. The molecule has 0 amide bonds. The lowest BCUT2D eigenvalue weighted by Crippen LogP contribution is -2.08. The molecule has 2 nitrogen and oxygen atoms in total. The van der Waals surface area contributed by atoms with Crippen molar-refractivity contribution in [1.29, 1.82) is 0 Å². The molecule has 1 aromatic heterocycles. The lowest BCUT2D eigenvalue weighted by atomic mass is 9.97. The number of alkyl halides is 3. The maximum Gasteiger partial charge on any atom is 0.416 e. The van der Waals surface area contributed by atoms with Gasteiger partial charge in [0, 0.05) is 31.5 Å². The Morgan fingerprint density at radius 1 is 1.00 bits per heavy atom. The Kier molecular flexibility index (Phi) is 5.47.